The molecule has 1 unspecified atom stereocenters. The Morgan fingerprint density at radius 1 is 1.37 bits per heavy atom. The zero-order valence-electron chi connectivity index (χ0n) is 11.5. The van der Waals surface area contributed by atoms with E-state index in [9.17, 15) is 8.42 Å². The number of benzene rings is 1. The van der Waals surface area contributed by atoms with Gasteiger partial charge in [-0.2, -0.15) is 4.31 Å². The summed E-state index contributed by atoms with van der Waals surface area (Å²) in [5, 5.41) is 0. The first-order valence-electron chi connectivity index (χ1n) is 6.73. The molecular weight excluding hydrogens is 262 g/mol. The summed E-state index contributed by atoms with van der Waals surface area (Å²) in [6.07, 6.45) is 2.01. The molecule has 0 amide bonds. The number of ether oxygens (including phenoxy) is 1. The Morgan fingerprint density at radius 3 is 2.68 bits per heavy atom. The van der Waals surface area contributed by atoms with Gasteiger partial charge in [0.25, 0.3) is 0 Å². The average molecular weight is 283 g/mol. The van der Waals surface area contributed by atoms with Gasteiger partial charge in [-0.1, -0.05) is 25.1 Å². The highest BCUT2D eigenvalue weighted by molar-refractivity contribution is 7.89. The molecule has 1 atom stereocenters. The van der Waals surface area contributed by atoms with Gasteiger partial charge in [0.1, 0.15) is 0 Å². The van der Waals surface area contributed by atoms with Gasteiger partial charge in [-0.15, -0.1) is 0 Å². The predicted octanol–water partition coefficient (Wildman–Crippen LogP) is 2.18. The zero-order valence-corrected chi connectivity index (χ0v) is 12.3. The van der Waals surface area contributed by atoms with Crippen molar-refractivity contribution >= 4 is 10.0 Å². The molecule has 19 heavy (non-hydrogen) atoms. The van der Waals surface area contributed by atoms with Crippen LogP contribution in [0.2, 0.25) is 0 Å². The van der Waals surface area contributed by atoms with Crippen LogP contribution in [-0.2, 0) is 14.8 Å². The van der Waals surface area contributed by atoms with Crippen molar-refractivity contribution in [2.75, 3.05) is 19.7 Å². The smallest absolute Gasteiger partial charge is 0.243 e. The van der Waals surface area contributed by atoms with E-state index in [0.29, 0.717) is 18.0 Å². The number of sulfonamides is 1. The van der Waals surface area contributed by atoms with Crippen LogP contribution in [0.5, 0.6) is 0 Å². The summed E-state index contributed by atoms with van der Waals surface area (Å²) in [5.74, 6) is 0. The first kappa shape index (κ1) is 14.5. The molecule has 1 aliphatic rings. The number of hydrogen-bond acceptors (Lipinski definition) is 3. The second-order valence-electron chi connectivity index (χ2n) is 4.86. The average Bonchev–Trinajstić information content (AvgIpc) is 2.89. The molecule has 106 valence electrons. The Labute approximate surface area is 115 Å². The Balaban J connectivity index is 2.23. The monoisotopic (exact) mass is 283 g/mol. The molecule has 0 radical (unpaired) electrons. The summed E-state index contributed by atoms with van der Waals surface area (Å²) in [5.41, 5.74) is 0.785. The summed E-state index contributed by atoms with van der Waals surface area (Å²) >= 11 is 0. The normalized spacial score (nSPS) is 20.1. The third-order valence-corrected chi connectivity index (χ3v) is 5.60. The molecule has 0 spiro atoms. The van der Waals surface area contributed by atoms with Crippen molar-refractivity contribution in [3.8, 4) is 0 Å². The lowest BCUT2D eigenvalue weighted by Crippen LogP contribution is -2.37. The molecule has 0 aliphatic carbocycles. The summed E-state index contributed by atoms with van der Waals surface area (Å²) in [7, 11) is -3.42. The molecule has 1 heterocycles. The van der Waals surface area contributed by atoms with Crippen LogP contribution in [0.25, 0.3) is 0 Å². The maximum Gasteiger partial charge on any atom is 0.243 e. The van der Waals surface area contributed by atoms with Crippen molar-refractivity contribution in [1.29, 1.82) is 0 Å². The number of nitrogens with zero attached hydrogens (tertiary/aromatic N) is 1. The van der Waals surface area contributed by atoms with Crippen LogP contribution in [0.15, 0.2) is 29.2 Å². The molecule has 1 aromatic rings. The lowest BCUT2D eigenvalue weighted by molar-refractivity contribution is 0.0946. The van der Waals surface area contributed by atoms with Crippen molar-refractivity contribution in [2.24, 2.45) is 0 Å². The Kier molecular flexibility index (Phi) is 4.60. The summed E-state index contributed by atoms with van der Waals surface area (Å²) in [4.78, 5) is 0.398. The molecule has 1 aromatic carbocycles. The molecule has 0 N–H and O–H groups in total. The fourth-order valence-electron chi connectivity index (χ4n) is 2.40. The van der Waals surface area contributed by atoms with Crippen molar-refractivity contribution in [3.63, 3.8) is 0 Å². The number of hydrogen-bond donors (Lipinski definition) is 0. The van der Waals surface area contributed by atoms with Crippen LogP contribution in [0.1, 0.15) is 25.3 Å². The molecular formula is C14H21NO3S. The van der Waals surface area contributed by atoms with Crippen molar-refractivity contribution in [2.45, 2.75) is 37.7 Å². The summed E-state index contributed by atoms with van der Waals surface area (Å²) in [6, 6.07) is 7.11. The second-order valence-corrected chi connectivity index (χ2v) is 6.76. The van der Waals surface area contributed by atoms with E-state index in [1.165, 1.54) is 4.31 Å². The van der Waals surface area contributed by atoms with Crippen LogP contribution in [0.3, 0.4) is 0 Å². The van der Waals surface area contributed by atoms with E-state index in [-0.39, 0.29) is 6.10 Å². The Bertz CT molecular complexity index is 521. The van der Waals surface area contributed by atoms with Gasteiger partial charge in [-0.25, -0.2) is 8.42 Å². The first-order chi connectivity index (χ1) is 9.05. The molecule has 1 aliphatic heterocycles. The lowest BCUT2D eigenvalue weighted by Gasteiger charge is -2.24. The van der Waals surface area contributed by atoms with Gasteiger partial charge < -0.3 is 4.74 Å². The van der Waals surface area contributed by atoms with E-state index in [0.717, 1.165) is 25.0 Å². The van der Waals surface area contributed by atoms with E-state index < -0.39 is 10.0 Å². The highest BCUT2D eigenvalue weighted by Gasteiger charge is 2.28. The lowest BCUT2D eigenvalue weighted by atomic mass is 10.2. The third kappa shape index (κ3) is 3.16. The van der Waals surface area contributed by atoms with E-state index in [4.69, 9.17) is 4.74 Å². The predicted molar refractivity (Wildman–Crippen MR) is 74.6 cm³/mol. The molecule has 1 fully saturated rings. The minimum Gasteiger partial charge on any atom is -0.377 e. The minimum absolute atomic E-state index is 0.0405. The van der Waals surface area contributed by atoms with Gasteiger partial charge in [-0.3, -0.25) is 0 Å². The van der Waals surface area contributed by atoms with Gasteiger partial charge in [0.05, 0.1) is 11.0 Å². The Hall–Kier alpha value is -0.910. The van der Waals surface area contributed by atoms with Crippen LogP contribution in [-0.4, -0.2) is 38.5 Å². The van der Waals surface area contributed by atoms with E-state index in [1.807, 2.05) is 26.0 Å². The van der Waals surface area contributed by atoms with Gasteiger partial charge >= 0.3 is 0 Å². The van der Waals surface area contributed by atoms with E-state index in [1.54, 1.807) is 12.1 Å². The van der Waals surface area contributed by atoms with Gasteiger partial charge in [0.2, 0.25) is 10.0 Å². The number of aryl methyl sites for hydroxylation is 1. The topological polar surface area (TPSA) is 46.6 Å². The standard InChI is InChI=1S/C14H21NO3S/c1-3-15(11-13-8-6-10-18-13)19(16,17)14-9-5-4-7-12(14)2/h4-5,7,9,13H,3,6,8,10-11H2,1-2H3. The molecule has 2 rings (SSSR count). The van der Waals surface area contributed by atoms with Gasteiger partial charge in [0.15, 0.2) is 0 Å². The maximum atomic E-state index is 12.6. The van der Waals surface area contributed by atoms with Crippen LogP contribution < -0.4 is 0 Å². The maximum absolute atomic E-state index is 12.6. The van der Waals surface area contributed by atoms with Crippen molar-refractivity contribution in [1.82, 2.24) is 4.31 Å². The SMILES string of the molecule is CCN(CC1CCCO1)S(=O)(=O)c1ccccc1C. The molecule has 0 bridgehead atoms. The summed E-state index contributed by atoms with van der Waals surface area (Å²) < 4.78 is 32.3. The van der Waals surface area contributed by atoms with E-state index in [2.05, 4.69) is 0 Å². The highest BCUT2D eigenvalue weighted by atomic mass is 32.2. The van der Waals surface area contributed by atoms with Crippen LogP contribution in [0.4, 0.5) is 0 Å². The number of rotatable bonds is 5. The molecule has 1 saturated heterocycles. The quantitative estimate of drug-likeness (QED) is 0.832. The minimum atomic E-state index is -3.42. The molecule has 0 saturated carbocycles. The molecule has 5 heteroatoms. The highest BCUT2D eigenvalue weighted by Crippen LogP contribution is 2.22. The third-order valence-electron chi connectivity index (χ3n) is 3.50. The fourth-order valence-corrected chi connectivity index (χ4v) is 4.10. The Morgan fingerprint density at radius 2 is 2.11 bits per heavy atom. The fraction of sp³-hybridized carbons (Fsp3) is 0.571. The first-order valence-corrected chi connectivity index (χ1v) is 8.17. The second kappa shape index (κ2) is 6.03. The van der Waals surface area contributed by atoms with Crippen LogP contribution in [0, 0.1) is 6.92 Å². The largest absolute Gasteiger partial charge is 0.377 e. The van der Waals surface area contributed by atoms with E-state index >= 15 is 0 Å². The van der Waals surface area contributed by atoms with Gasteiger partial charge in [0, 0.05) is 19.7 Å². The van der Waals surface area contributed by atoms with Crippen molar-refractivity contribution < 1.29 is 13.2 Å². The van der Waals surface area contributed by atoms with Crippen molar-refractivity contribution in [3.05, 3.63) is 29.8 Å². The van der Waals surface area contributed by atoms with Crippen LogP contribution >= 0.6 is 0 Å². The summed E-state index contributed by atoms with van der Waals surface area (Å²) in [6.45, 7) is 5.36. The number of likely N-dealkylation sites (N-methyl/N-ethyl adjacent to an activating group) is 1. The van der Waals surface area contributed by atoms with Gasteiger partial charge in [-0.05, 0) is 31.4 Å². The molecule has 4 nitrogen and oxygen atoms in total. The zero-order chi connectivity index (χ0) is 13.9. The molecule has 0 aromatic heterocycles.